The highest BCUT2D eigenvalue weighted by Gasteiger charge is 2.17. The second-order valence-electron chi connectivity index (χ2n) is 3.85. The molecule has 0 atom stereocenters. The van der Waals surface area contributed by atoms with Gasteiger partial charge in [-0.25, -0.2) is 4.79 Å². The maximum atomic E-state index is 12.0. The van der Waals surface area contributed by atoms with Crippen molar-refractivity contribution < 1.29 is 14.3 Å². The molecule has 0 spiro atoms. The van der Waals surface area contributed by atoms with Gasteiger partial charge in [0.25, 0.3) is 5.91 Å². The molecule has 0 aliphatic rings. The lowest BCUT2D eigenvalue weighted by molar-refractivity contribution is 0.0602. The summed E-state index contributed by atoms with van der Waals surface area (Å²) in [4.78, 5) is 23.7. The lowest BCUT2D eigenvalue weighted by Gasteiger charge is -2.09. The predicted molar refractivity (Wildman–Crippen MR) is 75.4 cm³/mol. The van der Waals surface area contributed by atoms with Crippen LogP contribution in [0.1, 0.15) is 25.7 Å². The number of rotatable bonds is 3. The number of carbonyl (C=O) groups is 2. The van der Waals surface area contributed by atoms with E-state index in [1.165, 1.54) is 7.11 Å². The Morgan fingerprint density at radius 3 is 2.70 bits per heavy atom. The topological polar surface area (TPSA) is 81.2 Å². The molecular formula is C12H10ClN3O3S. The van der Waals surface area contributed by atoms with Crippen molar-refractivity contribution in [3.8, 4) is 0 Å². The second kappa shape index (κ2) is 5.98. The summed E-state index contributed by atoms with van der Waals surface area (Å²) in [6.45, 7) is 1.84. The number of nitrogens with zero attached hydrogens (tertiary/aromatic N) is 2. The van der Waals surface area contributed by atoms with Gasteiger partial charge >= 0.3 is 5.97 Å². The van der Waals surface area contributed by atoms with E-state index in [9.17, 15) is 9.59 Å². The van der Waals surface area contributed by atoms with Crippen molar-refractivity contribution in [1.82, 2.24) is 10.2 Å². The number of anilines is 1. The van der Waals surface area contributed by atoms with Gasteiger partial charge in [0.05, 0.1) is 18.4 Å². The second-order valence-corrected chi connectivity index (χ2v) is 5.41. The average Bonchev–Trinajstić information content (AvgIpc) is 2.86. The van der Waals surface area contributed by atoms with Crippen molar-refractivity contribution in [2.75, 3.05) is 12.4 Å². The zero-order valence-corrected chi connectivity index (χ0v) is 12.2. The minimum Gasteiger partial charge on any atom is -0.465 e. The highest BCUT2D eigenvalue weighted by atomic mass is 35.5. The minimum atomic E-state index is -0.528. The summed E-state index contributed by atoms with van der Waals surface area (Å²) in [5, 5.41) is 9.89. The lowest BCUT2D eigenvalue weighted by Crippen LogP contribution is -2.15. The molecule has 20 heavy (non-hydrogen) atoms. The SMILES string of the molecule is COC(=O)c1cc(C)ccc1NC(=O)c1nnc(Cl)s1. The van der Waals surface area contributed by atoms with Crippen LogP contribution in [0.5, 0.6) is 0 Å². The molecule has 6 nitrogen and oxygen atoms in total. The Hall–Kier alpha value is -1.99. The van der Waals surface area contributed by atoms with Gasteiger partial charge in [0, 0.05) is 0 Å². The van der Waals surface area contributed by atoms with E-state index in [0.717, 1.165) is 16.9 Å². The number of nitrogens with one attached hydrogen (secondary N) is 1. The molecule has 1 aromatic carbocycles. The summed E-state index contributed by atoms with van der Waals surface area (Å²) in [6, 6.07) is 5.03. The number of methoxy groups -OCH3 is 1. The van der Waals surface area contributed by atoms with E-state index in [-0.39, 0.29) is 15.0 Å². The fraction of sp³-hybridized carbons (Fsp3) is 0.167. The summed E-state index contributed by atoms with van der Waals surface area (Å²) in [7, 11) is 1.28. The van der Waals surface area contributed by atoms with Gasteiger partial charge in [0.2, 0.25) is 9.47 Å². The maximum Gasteiger partial charge on any atom is 0.339 e. The highest BCUT2D eigenvalue weighted by molar-refractivity contribution is 7.17. The number of ether oxygens (including phenoxy) is 1. The first-order valence-electron chi connectivity index (χ1n) is 5.50. The van der Waals surface area contributed by atoms with Crippen LogP contribution in [-0.2, 0) is 4.74 Å². The largest absolute Gasteiger partial charge is 0.465 e. The number of amides is 1. The Bertz CT molecular complexity index is 672. The summed E-state index contributed by atoms with van der Waals surface area (Å²) >= 11 is 6.58. The van der Waals surface area contributed by atoms with Crippen molar-refractivity contribution in [2.24, 2.45) is 0 Å². The third-order valence-electron chi connectivity index (χ3n) is 2.42. The summed E-state index contributed by atoms with van der Waals surface area (Å²) in [6.07, 6.45) is 0. The van der Waals surface area contributed by atoms with E-state index in [2.05, 4.69) is 20.3 Å². The predicted octanol–water partition coefficient (Wildman–Crippen LogP) is 2.54. The highest BCUT2D eigenvalue weighted by Crippen LogP contribution is 2.21. The van der Waals surface area contributed by atoms with Crippen molar-refractivity contribution in [3.05, 3.63) is 38.8 Å². The molecule has 0 aliphatic heterocycles. The first kappa shape index (κ1) is 14.4. The van der Waals surface area contributed by atoms with Crippen molar-refractivity contribution in [3.63, 3.8) is 0 Å². The average molecular weight is 312 g/mol. The molecule has 0 saturated heterocycles. The van der Waals surface area contributed by atoms with Gasteiger partial charge in [-0.15, -0.1) is 10.2 Å². The van der Waals surface area contributed by atoms with E-state index >= 15 is 0 Å². The molecule has 2 rings (SSSR count). The fourth-order valence-corrected chi connectivity index (χ4v) is 2.24. The van der Waals surface area contributed by atoms with Gasteiger partial charge in [-0.1, -0.05) is 23.0 Å². The van der Waals surface area contributed by atoms with Crippen molar-refractivity contribution >= 4 is 40.5 Å². The number of benzene rings is 1. The molecule has 1 amide bonds. The van der Waals surface area contributed by atoms with Crippen LogP contribution < -0.4 is 5.32 Å². The van der Waals surface area contributed by atoms with E-state index in [1.807, 2.05) is 6.92 Å². The molecule has 0 saturated carbocycles. The Morgan fingerprint density at radius 1 is 1.35 bits per heavy atom. The zero-order valence-electron chi connectivity index (χ0n) is 10.6. The molecule has 8 heteroatoms. The Morgan fingerprint density at radius 2 is 2.10 bits per heavy atom. The number of aromatic nitrogens is 2. The first-order chi connectivity index (χ1) is 9.51. The van der Waals surface area contributed by atoms with Gasteiger partial charge in [-0.2, -0.15) is 0 Å². The number of aryl methyl sites for hydroxylation is 1. The minimum absolute atomic E-state index is 0.117. The Labute approximate surface area is 123 Å². The fourth-order valence-electron chi connectivity index (χ4n) is 1.52. The van der Waals surface area contributed by atoms with Crippen LogP contribution in [0.3, 0.4) is 0 Å². The quantitative estimate of drug-likeness (QED) is 0.881. The summed E-state index contributed by atoms with van der Waals surface area (Å²) in [5.74, 6) is -1.01. The third-order valence-corrected chi connectivity index (χ3v) is 3.44. The van der Waals surface area contributed by atoms with E-state index < -0.39 is 11.9 Å². The van der Waals surface area contributed by atoms with Crippen LogP contribution >= 0.6 is 22.9 Å². The van der Waals surface area contributed by atoms with Gasteiger partial charge < -0.3 is 10.1 Å². The number of carbonyl (C=O) groups excluding carboxylic acids is 2. The molecule has 0 aliphatic carbocycles. The molecular weight excluding hydrogens is 302 g/mol. The standard InChI is InChI=1S/C12H10ClN3O3S/c1-6-3-4-8(7(5-6)11(18)19-2)14-9(17)10-15-16-12(13)20-10/h3-5H,1-2H3,(H,14,17). The molecule has 0 fully saturated rings. The van der Waals surface area contributed by atoms with Crippen LogP contribution in [0.2, 0.25) is 4.47 Å². The monoisotopic (exact) mass is 311 g/mol. The molecule has 1 heterocycles. The first-order valence-corrected chi connectivity index (χ1v) is 6.70. The van der Waals surface area contributed by atoms with Crippen LogP contribution in [-0.4, -0.2) is 29.2 Å². The summed E-state index contributed by atoms with van der Waals surface area (Å²) in [5.41, 5.74) is 1.50. The molecule has 2 aromatic rings. The third kappa shape index (κ3) is 3.12. The van der Waals surface area contributed by atoms with Crippen molar-refractivity contribution in [2.45, 2.75) is 6.92 Å². The van der Waals surface area contributed by atoms with Gasteiger partial charge in [-0.05, 0) is 30.7 Å². The zero-order chi connectivity index (χ0) is 14.7. The molecule has 1 N–H and O–H groups in total. The van der Waals surface area contributed by atoms with Gasteiger partial charge in [0.1, 0.15) is 0 Å². The van der Waals surface area contributed by atoms with E-state index in [4.69, 9.17) is 11.6 Å². The summed E-state index contributed by atoms with van der Waals surface area (Å²) < 4.78 is 4.86. The Balaban J connectivity index is 2.29. The van der Waals surface area contributed by atoms with E-state index in [1.54, 1.807) is 18.2 Å². The van der Waals surface area contributed by atoms with Gasteiger partial charge in [-0.3, -0.25) is 4.79 Å². The molecule has 0 unspecified atom stereocenters. The molecule has 0 bridgehead atoms. The number of hydrogen-bond donors (Lipinski definition) is 1. The molecule has 1 aromatic heterocycles. The molecule has 104 valence electrons. The van der Waals surface area contributed by atoms with E-state index in [0.29, 0.717) is 5.69 Å². The number of halogens is 1. The van der Waals surface area contributed by atoms with Crippen LogP contribution in [0.4, 0.5) is 5.69 Å². The maximum absolute atomic E-state index is 12.0. The van der Waals surface area contributed by atoms with Crippen LogP contribution in [0.25, 0.3) is 0 Å². The number of esters is 1. The molecule has 0 radical (unpaired) electrons. The lowest BCUT2D eigenvalue weighted by atomic mass is 10.1. The Kier molecular flexibility index (Phi) is 4.31. The van der Waals surface area contributed by atoms with Crippen LogP contribution in [0.15, 0.2) is 18.2 Å². The van der Waals surface area contributed by atoms with Crippen molar-refractivity contribution in [1.29, 1.82) is 0 Å². The van der Waals surface area contributed by atoms with Gasteiger partial charge in [0.15, 0.2) is 0 Å². The number of hydrogen-bond acceptors (Lipinski definition) is 6. The smallest absolute Gasteiger partial charge is 0.339 e. The van der Waals surface area contributed by atoms with Crippen LogP contribution in [0, 0.1) is 6.92 Å². The normalized spacial score (nSPS) is 10.2.